The molecule has 204 valence electrons. The maximum atomic E-state index is 12.4. The number of morpholine rings is 1. The number of ether oxygens (including phenoxy) is 2. The molecule has 0 saturated carbocycles. The Hall–Kier alpha value is -4.45. The highest BCUT2D eigenvalue weighted by Gasteiger charge is 2.09. The Morgan fingerprint density at radius 2 is 1.75 bits per heavy atom. The van der Waals surface area contributed by atoms with Crippen LogP contribution in [0.2, 0.25) is 0 Å². The first kappa shape index (κ1) is 27.1. The third kappa shape index (κ3) is 8.03. The molecule has 1 aromatic heterocycles. The van der Waals surface area contributed by atoms with Gasteiger partial charge in [-0.1, -0.05) is 36.3 Å². The summed E-state index contributed by atoms with van der Waals surface area (Å²) < 4.78 is 11.3. The van der Waals surface area contributed by atoms with Gasteiger partial charge in [-0.2, -0.15) is 0 Å². The fraction of sp³-hybridized carbons (Fsp3) is 0.281. The van der Waals surface area contributed by atoms with Crippen LogP contribution in [0.1, 0.15) is 24.8 Å². The molecule has 1 saturated heterocycles. The van der Waals surface area contributed by atoms with Crippen molar-refractivity contribution in [2.45, 2.75) is 25.9 Å². The van der Waals surface area contributed by atoms with E-state index < -0.39 is 0 Å². The monoisotopic (exact) mass is 535 g/mol. The number of amides is 1. The number of benzene rings is 3. The second-order valence-corrected chi connectivity index (χ2v) is 9.54. The standard InChI is InChI=1S/C32H33N5O3/c38-31(10-6-1-2-7-17-37-18-20-39-21-19-37)35-27-13-16-30-29(22-27)32(34-24-33-30)36-26-11-14-28(15-12-26)40-23-25-8-4-3-5-9-25/h3-5,8-9,11-16,22,24H,1-2,7,17-21,23H2,(H,35,38)(H,33,34,36). The number of nitrogens with one attached hydrogen (secondary N) is 2. The number of hydrogen-bond donors (Lipinski definition) is 2. The summed E-state index contributed by atoms with van der Waals surface area (Å²) in [6.07, 6.45) is 4.26. The Kier molecular flexibility index (Phi) is 9.55. The van der Waals surface area contributed by atoms with Crippen LogP contribution in [0.3, 0.4) is 0 Å². The molecule has 2 heterocycles. The largest absolute Gasteiger partial charge is 0.489 e. The summed E-state index contributed by atoms with van der Waals surface area (Å²) >= 11 is 0. The lowest BCUT2D eigenvalue weighted by molar-refractivity contribution is -0.111. The maximum Gasteiger partial charge on any atom is 0.300 e. The molecule has 0 spiro atoms. The zero-order chi connectivity index (χ0) is 27.4. The van der Waals surface area contributed by atoms with Gasteiger partial charge in [-0.15, -0.1) is 0 Å². The van der Waals surface area contributed by atoms with E-state index in [2.05, 4.69) is 37.3 Å². The maximum absolute atomic E-state index is 12.4. The molecule has 3 aromatic carbocycles. The van der Waals surface area contributed by atoms with Gasteiger partial charge >= 0.3 is 0 Å². The van der Waals surface area contributed by atoms with E-state index >= 15 is 0 Å². The molecule has 5 rings (SSSR count). The SMILES string of the molecule is O=C(C#CCCCCN1CCOCC1)Nc1ccc2ncnc(Nc3ccc(OCc4ccccc4)cc3)c2c1. The molecule has 8 heteroatoms. The van der Waals surface area contributed by atoms with Crippen molar-refractivity contribution in [3.05, 3.63) is 84.7 Å². The molecular weight excluding hydrogens is 502 g/mol. The van der Waals surface area contributed by atoms with Crippen molar-refractivity contribution in [3.8, 4) is 17.6 Å². The van der Waals surface area contributed by atoms with Crippen molar-refractivity contribution >= 4 is 34.0 Å². The Morgan fingerprint density at radius 1 is 0.950 bits per heavy atom. The topological polar surface area (TPSA) is 88.6 Å². The van der Waals surface area contributed by atoms with Crippen LogP contribution in [-0.4, -0.2) is 53.6 Å². The number of carbonyl (C=O) groups is 1. The van der Waals surface area contributed by atoms with Crippen LogP contribution < -0.4 is 15.4 Å². The highest BCUT2D eigenvalue weighted by atomic mass is 16.5. The molecule has 0 bridgehead atoms. The number of anilines is 3. The van der Waals surface area contributed by atoms with E-state index in [9.17, 15) is 4.79 Å². The second-order valence-electron chi connectivity index (χ2n) is 9.54. The van der Waals surface area contributed by atoms with Crippen LogP contribution in [0.4, 0.5) is 17.2 Å². The van der Waals surface area contributed by atoms with E-state index in [-0.39, 0.29) is 5.91 Å². The number of hydrogen-bond acceptors (Lipinski definition) is 7. The molecule has 1 fully saturated rings. The summed E-state index contributed by atoms with van der Waals surface area (Å²) in [7, 11) is 0. The predicted molar refractivity (Wildman–Crippen MR) is 158 cm³/mol. The van der Waals surface area contributed by atoms with Gasteiger partial charge in [0.2, 0.25) is 0 Å². The Labute approximate surface area is 234 Å². The Bertz CT molecular complexity index is 1460. The van der Waals surface area contributed by atoms with Crippen LogP contribution in [-0.2, 0) is 16.1 Å². The van der Waals surface area contributed by atoms with Gasteiger partial charge in [-0.05, 0) is 73.3 Å². The lowest BCUT2D eigenvalue weighted by atomic mass is 10.2. The van der Waals surface area contributed by atoms with Crippen molar-refractivity contribution in [2.24, 2.45) is 0 Å². The average Bonchev–Trinajstić information content (AvgIpc) is 3.00. The molecule has 1 aliphatic heterocycles. The molecule has 2 N–H and O–H groups in total. The Morgan fingerprint density at radius 3 is 2.58 bits per heavy atom. The van der Waals surface area contributed by atoms with Gasteiger partial charge in [0, 0.05) is 36.3 Å². The zero-order valence-electron chi connectivity index (χ0n) is 22.4. The second kappa shape index (κ2) is 14.1. The van der Waals surface area contributed by atoms with Gasteiger partial charge in [0.1, 0.15) is 24.5 Å². The molecule has 0 aliphatic carbocycles. The summed E-state index contributed by atoms with van der Waals surface area (Å²) in [6.45, 7) is 5.20. The van der Waals surface area contributed by atoms with Gasteiger partial charge in [-0.3, -0.25) is 9.69 Å². The van der Waals surface area contributed by atoms with Crippen molar-refractivity contribution in [1.29, 1.82) is 0 Å². The summed E-state index contributed by atoms with van der Waals surface area (Å²) in [5, 5.41) is 7.01. The van der Waals surface area contributed by atoms with E-state index in [0.717, 1.165) is 73.6 Å². The number of fused-ring (bicyclic) bond motifs is 1. The van der Waals surface area contributed by atoms with E-state index in [1.807, 2.05) is 72.8 Å². The fourth-order valence-electron chi connectivity index (χ4n) is 4.42. The number of unbranched alkanes of at least 4 members (excludes halogenated alkanes) is 2. The van der Waals surface area contributed by atoms with Gasteiger partial charge < -0.3 is 20.1 Å². The summed E-state index contributed by atoms with van der Waals surface area (Å²) in [5.74, 6) is 6.80. The summed E-state index contributed by atoms with van der Waals surface area (Å²) in [6, 6.07) is 23.3. The number of nitrogens with zero attached hydrogens (tertiary/aromatic N) is 3. The third-order valence-corrected chi connectivity index (χ3v) is 6.59. The van der Waals surface area contributed by atoms with Crippen molar-refractivity contribution in [3.63, 3.8) is 0 Å². The molecule has 0 atom stereocenters. The van der Waals surface area contributed by atoms with Gasteiger partial charge in [-0.25, -0.2) is 9.97 Å². The predicted octanol–water partition coefficient (Wildman–Crippen LogP) is 5.40. The molecule has 1 amide bonds. The first-order valence-electron chi connectivity index (χ1n) is 13.6. The van der Waals surface area contributed by atoms with E-state index in [4.69, 9.17) is 9.47 Å². The molecular formula is C32H33N5O3. The molecule has 8 nitrogen and oxygen atoms in total. The average molecular weight is 536 g/mol. The van der Waals surface area contributed by atoms with Crippen LogP contribution in [0, 0.1) is 11.8 Å². The van der Waals surface area contributed by atoms with Crippen LogP contribution in [0.5, 0.6) is 5.75 Å². The highest BCUT2D eigenvalue weighted by molar-refractivity contribution is 6.05. The third-order valence-electron chi connectivity index (χ3n) is 6.59. The normalized spacial score (nSPS) is 13.3. The molecule has 4 aromatic rings. The van der Waals surface area contributed by atoms with Crippen LogP contribution >= 0.6 is 0 Å². The minimum atomic E-state index is -0.329. The van der Waals surface area contributed by atoms with Crippen LogP contribution in [0.15, 0.2) is 79.1 Å². The van der Waals surface area contributed by atoms with Crippen molar-refractivity contribution in [1.82, 2.24) is 14.9 Å². The van der Waals surface area contributed by atoms with E-state index in [0.29, 0.717) is 24.5 Å². The van der Waals surface area contributed by atoms with E-state index in [1.165, 1.54) is 6.33 Å². The number of carbonyl (C=O) groups excluding carboxylic acids is 1. The molecule has 40 heavy (non-hydrogen) atoms. The fourth-order valence-corrected chi connectivity index (χ4v) is 4.42. The summed E-state index contributed by atoms with van der Waals surface area (Å²) in [4.78, 5) is 23.6. The quantitative estimate of drug-likeness (QED) is 0.208. The number of aromatic nitrogens is 2. The van der Waals surface area contributed by atoms with Crippen molar-refractivity contribution < 1.29 is 14.3 Å². The first-order valence-corrected chi connectivity index (χ1v) is 13.6. The molecule has 0 radical (unpaired) electrons. The molecule has 1 aliphatic rings. The minimum Gasteiger partial charge on any atom is -0.489 e. The van der Waals surface area contributed by atoms with Gasteiger partial charge in [0.05, 0.1) is 18.7 Å². The first-order chi connectivity index (χ1) is 19.7. The number of rotatable bonds is 10. The highest BCUT2D eigenvalue weighted by Crippen LogP contribution is 2.27. The van der Waals surface area contributed by atoms with Gasteiger partial charge in [0.25, 0.3) is 5.91 Å². The smallest absolute Gasteiger partial charge is 0.300 e. The lowest BCUT2D eigenvalue weighted by Gasteiger charge is -2.26. The summed E-state index contributed by atoms with van der Waals surface area (Å²) in [5.41, 5.74) is 3.39. The van der Waals surface area contributed by atoms with Gasteiger partial charge in [0.15, 0.2) is 0 Å². The van der Waals surface area contributed by atoms with Crippen LogP contribution in [0.25, 0.3) is 10.9 Å². The lowest BCUT2D eigenvalue weighted by Crippen LogP contribution is -2.36. The van der Waals surface area contributed by atoms with E-state index in [1.54, 1.807) is 0 Å². The Balaban J connectivity index is 1.14. The zero-order valence-corrected chi connectivity index (χ0v) is 22.4. The molecule has 0 unspecified atom stereocenters. The van der Waals surface area contributed by atoms with Crippen molar-refractivity contribution in [2.75, 3.05) is 43.5 Å². The minimum absolute atomic E-state index is 0.329.